The molecule has 26 heavy (non-hydrogen) atoms. The normalized spacial score (nSPS) is 11.1. The van der Waals surface area contributed by atoms with Gasteiger partial charge < -0.3 is 10.6 Å². The van der Waals surface area contributed by atoms with E-state index >= 15 is 0 Å². The van der Waals surface area contributed by atoms with Crippen molar-refractivity contribution in [3.8, 4) is 0 Å². The number of H-pyrrole nitrogens is 1. The van der Waals surface area contributed by atoms with Gasteiger partial charge in [0.1, 0.15) is 17.3 Å². The van der Waals surface area contributed by atoms with Gasteiger partial charge in [0.25, 0.3) is 5.56 Å². The van der Waals surface area contributed by atoms with E-state index in [2.05, 4.69) is 11.9 Å². The highest BCUT2D eigenvalue weighted by molar-refractivity contribution is 5.62. The van der Waals surface area contributed by atoms with Gasteiger partial charge in [0.2, 0.25) is 0 Å². The SMILES string of the molecule is CCCCN(Cc1ccc(F)cc1)c1c(N)n(CC(C)C)c(=O)[nH]c1=O. The Balaban J connectivity index is 2.48. The van der Waals surface area contributed by atoms with Crippen LogP contribution < -0.4 is 21.9 Å². The third kappa shape index (κ3) is 4.74. The highest BCUT2D eigenvalue weighted by Gasteiger charge is 2.19. The lowest BCUT2D eigenvalue weighted by molar-refractivity contribution is 0.506. The topological polar surface area (TPSA) is 84.1 Å². The first-order valence-electron chi connectivity index (χ1n) is 8.95. The highest BCUT2D eigenvalue weighted by Crippen LogP contribution is 2.21. The van der Waals surface area contributed by atoms with E-state index in [9.17, 15) is 14.0 Å². The van der Waals surface area contributed by atoms with Crippen LogP contribution in [0.3, 0.4) is 0 Å². The fourth-order valence-corrected chi connectivity index (χ4v) is 2.86. The molecule has 0 radical (unpaired) electrons. The van der Waals surface area contributed by atoms with Crippen molar-refractivity contribution in [3.63, 3.8) is 0 Å². The van der Waals surface area contributed by atoms with Crippen LogP contribution in [-0.4, -0.2) is 16.1 Å². The number of nitrogens with two attached hydrogens (primary N) is 1. The highest BCUT2D eigenvalue weighted by atomic mass is 19.1. The Morgan fingerprint density at radius 3 is 2.46 bits per heavy atom. The van der Waals surface area contributed by atoms with Gasteiger partial charge in [-0.15, -0.1) is 0 Å². The number of aromatic amines is 1. The van der Waals surface area contributed by atoms with E-state index in [1.165, 1.54) is 16.7 Å². The molecule has 0 saturated carbocycles. The van der Waals surface area contributed by atoms with E-state index in [-0.39, 0.29) is 17.6 Å². The zero-order valence-electron chi connectivity index (χ0n) is 15.6. The van der Waals surface area contributed by atoms with Gasteiger partial charge in [-0.3, -0.25) is 14.3 Å². The summed E-state index contributed by atoms with van der Waals surface area (Å²) in [5, 5.41) is 0. The molecular formula is C19H27FN4O2. The Hall–Kier alpha value is -2.57. The number of nitrogens with one attached hydrogen (secondary N) is 1. The number of rotatable bonds is 8. The minimum Gasteiger partial charge on any atom is -0.383 e. The summed E-state index contributed by atoms with van der Waals surface area (Å²) in [4.78, 5) is 28.9. The molecule has 1 aromatic heterocycles. The lowest BCUT2D eigenvalue weighted by Crippen LogP contribution is -2.39. The van der Waals surface area contributed by atoms with Crippen molar-refractivity contribution in [1.82, 2.24) is 9.55 Å². The van der Waals surface area contributed by atoms with E-state index in [4.69, 9.17) is 5.73 Å². The summed E-state index contributed by atoms with van der Waals surface area (Å²) in [6.07, 6.45) is 1.81. The number of aromatic nitrogens is 2. The Bertz CT molecular complexity index is 840. The maximum atomic E-state index is 13.2. The Kier molecular flexibility index (Phi) is 6.60. The second kappa shape index (κ2) is 8.69. The molecule has 0 aliphatic carbocycles. The summed E-state index contributed by atoms with van der Waals surface area (Å²) < 4.78 is 14.6. The number of halogens is 1. The molecule has 0 saturated heterocycles. The van der Waals surface area contributed by atoms with Crippen LogP contribution in [0.5, 0.6) is 0 Å². The minimum absolute atomic E-state index is 0.172. The second-order valence-electron chi connectivity index (χ2n) is 6.90. The summed E-state index contributed by atoms with van der Waals surface area (Å²) >= 11 is 0. The number of benzene rings is 1. The molecule has 6 nitrogen and oxygen atoms in total. The van der Waals surface area contributed by atoms with E-state index in [1.807, 2.05) is 18.7 Å². The molecule has 1 heterocycles. The van der Waals surface area contributed by atoms with Crippen LogP contribution >= 0.6 is 0 Å². The molecule has 0 spiro atoms. The molecule has 0 aliphatic heterocycles. The number of hydrogen-bond acceptors (Lipinski definition) is 4. The Labute approximate surface area is 152 Å². The Morgan fingerprint density at radius 2 is 1.88 bits per heavy atom. The first-order valence-corrected chi connectivity index (χ1v) is 8.95. The first-order chi connectivity index (χ1) is 12.3. The lowest BCUT2D eigenvalue weighted by atomic mass is 10.2. The molecule has 2 aromatic rings. The summed E-state index contributed by atoms with van der Waals surface area (Å²) in [7, 11) is 0. The molecule has 7 heteroatoms. The molecular weight excluding hydrogens is 335 g/mol. The van der Waals surface area contributed by atoms with E-state index < -0.39 is 11.2 Å². The zero-order valence-corrected chi connectivity index (χ0v) is 15.6. The smallest absolute Gasteiger partial charge is 0.330 e. The lowest BCUT2D eigenvalue weighted by Gasteiger charge is -2.26. The maximum absolute atomic E-state index is 13.2. The Morgan fingerprint density at radius 1 is 1.23 bits per heavy atom. The summed E-state index contributed by atoms with van der Waals surface area (Å²) in [6, 6.07) is 6.15. The molecule has 0 amide bonds. The number of nitrogen functional groups attached to an aromatic ring is 1. The third-order valence-electron chi connectivity index (χ3n) is 4.15. The van der Waals surface area contributed by atoms with Crippen LogP contribution in [0, 0.1) is 11.7 Å². The quantitative estimate of drug-likeness (QED) is 0.756. The molecule has 1 aromatic carbocycles. The molecule has 0 aliphatic rings. The van der Waals surface area contributed by atoms with Gasteiger partial charge in [-0.1, -0.05) is 39.3 Å². The monoisotopic (exact) mass is 362 g/mol. The van der Waals surface area contributed by atoms with Crippen molar-refractivity contribution in [2.75, 3.05) is 17.2 Å². The van der Waals surface area contributed by atoms with Crippen molar-refractivity contribution in [1.29, 1.82) is 0 Å². The van der Waals surface area contributed by atoms with E-state index in [1.54, 1.807) is 12.1 Å². The molecule has 3 N–H and O–H groups in total. The number of nitrogens with zero attached hydrogens (tertiary/aromatic N) is 2. The summed E-state index contributed by atoms with van der Waals surface area (Å²) in [5.41, 5.74) is 6.39. The zero-order chi connectivity index (χ0) is 19.3. The minimum atomic E-state index is -0.498. The van der Waals surface area contributed by atoms with Crippen molar-refractivity contribution in [3.05, 3.63) is 56.5 Å². The molecule has 2 rings (SSSR count). The number of hydrogen-bond donors (Lipinski definition) is 2. The van der Waals surface area contributed by atoms with Gasteiger partial charge >= 0.3 is 5.69 Å². The van der Waals surface area contributed by atoms with Gasteiger partial charge in [0.05, 0.1) is 0 Å². The fraction of sp³-hybridized carbons (Fsp3) is 0.474. The van der Waals surface area contributed by atoms with Crippen molar-refractivity contribution < 1.29 is 4.39 Å². The average Bonchev–Trinajstić information content (AvgIpc) is 2.57. The van der Waals surface area contributed by atoms with Crippen LogP contribution in [0.1, 0.15) is 39.2 Å². The molecule has 0 unspecified atom stereocenters. The molecule has 0 atom stereocenters. The number of anilines is 2. The van der Waals surface area contributed by atoms with Gasteiger partial charge in [-0.2, -0.15) is 0 Å². The summed E-state index contributed by atoms with van der Waals surface area (Å²) in [6.45, 7) is 7.46. The largest absolute Gasteiger partial charge is 0.383 e. The van der Waals surface area contributed by atoms with Crippen molar-refractivity contribution in [2.24, 2.45) is 5.92 Å². The van der Waals surface area contributed by atoms with E-state index in [0.29, 0.717) is 25.3 Å². The van der Waals surface area contributed by atoms with Crippen molar-refractivity contribution >= 4 is 11.5 Å². The van der Waals surface area contributed by atoms with Gasteiger partial charge in [-0.05, 0) is 30.0 Å². The first kappa shape index (κ1) is 19.8. The average molecular weight is 362 g/mol. The van der Waals surface area contributed by atoms with Crippen LogP contribution in [0.25, 0.3) is 0 Å². The van der Waals surface area contributed by atoms with Gasteiger partial charge in [0.15, 0.2) is 0 Å². The van der Waals surface area contributed by atoms with Crippen LogP contribution in [0.4, 0.5) is 15.9 Å². The predicted molar refractivity (Wildman–Crippen MR) is 103 cm³/mol. The molecule has 142 valence electrons. The summed E-state index contributed by atoms with van der Waals surface area (Å²) in [5.74, 6) is 0.0670. The van der Waals surface area contributed by atoms with Crippen LogP contribution in [0.15, 0.2) is 33.9 Å². The standard InChI is InChI=1S/C19H27FN4O2/c1-4-5-10-23(12-14-6-8-15(20)9-7-14)16-17(21)24(11-13(2)3)19(26)22-18(16)25/h6-9,13H,4-5,10-12,21H2,1-3H3,(H,22,25,26). The van der Waals surface area contributed by atoms with Gasteiger partial charge in [-0.25, -0.2) is 9.18 Å². The molecule has 0 bridgehead atoms. The van der Waals surface area contributed by atoms with Gasteiger partial charge in [0, 0.05) is 19.6 Å². The predicted octanol–water partition coefficient (Wildman–Crippen LogP) is 2.72. The van der Waals surface area contributed by atoms with E-state index in [0.717, 1.165) is 18.4 Å². The molecule has 0 fully saturated rings. The fourth-order valence-electron chi connectivity index (χ4n) is 2.86. The number of unbranched alkanes of at least 4 members (excludes halogenated alkanes) is 1. The van der Waals surface area contributed by atoms with Crippen molar-refractivity contribution in [2.45, 2.75) is 46.7 Å². The van der Waals surface area contributed by atoms with Crippen LogP contribution in [-0.2, 0) is 13.1 Å². The van der Waals surface area contributed by atoms with Crippen LogP contribution in [0.2, 0.25) is 0 Å². The third-order valence-corrected chi connectivity index (χ3v) is 4.15. The maximum Gasteiger partial charge on any atom is 0.330 e. The second-order valence-corrected chi connectivity index (χ2v) is 6.90.